The minimum absolute atomic E-state index is 0.0343. The summed E-state index contributed by atoms with van der Waals surface area (Å²) in [5, 5.41) is 9.90. The largest absolute Gasteiger partial charge is 0.504 e. The van der Waals surface area contributed by atoms with Crippen molar-refractivity contribution in [3.05, 3.63) is 32.7 Å². The van der Waals surface area contributed by atoms with Crippen LogP contribution in [-0.4, -0.2) is 18.5 Å². The van der Waals surface area contributed by atoms with Crippen molar-refractivity contribution in [3.63, 3.8) is 0 Å². The number of hydrogen-bond donors (Lipinski definition) is 2. The molecular formula is C10H8BrClN2O3S2. The van der Waals surface area contributed by atoms with Gasteiger partial charge in [-0.25, -0.2) is 13.4 Å². The first-order valence-corrected chi connectivity index (χ1v) is 8.41. The van der Waals surface area contributed by atoms with Crippen molar-refractivity contribution < 1.29 is 13.5 Å². The van der Waals surface area contributed by atoms with Gasteiger partial charge in [0.15, 0.2) is 11.6 Å². The summed E-state index contributed by atoms with van der Waals surface area (Å²) in [5.74, 6) is -0.350. The predicted octanol–water partition coefficient (Wildman–Crippen LogP) is 3.37. The Morgan fingerprint density at radius 3 is 2.74 bits per heavy atom. The van der Waals surface area contributed by atoms with Crippen molar-refractivity contribution in [1.29, 1.82) is 0 Å². The Bertz CT molecular complexity index is 711. The number of thiophene rings is 1. The van der Waals surface area contributed by atoms with E-state index in [-0.39, 0.29) is 15.8 Å². The highest BCUT2D eigenvalue weighted by molar-refractivity contribution is 9.11. The summed E-state index contributed by atoms with van der Waals surface area (Å²) in [6.07, 6.45) is 0. The highest BCUT2D eigenvalue weighted by Gasteiger charge is 2.21. The highest BCUT2D eigenvalue weighted by Crippen LogP contribution is 2.35. The maximum atomic E-state index is 12.1. The number of aryl methyl sites for hydroxylation is 1. The molecule has 2 rings (SSSR count). The lowest BCUT2D eigenvalue weighted by Gasteiger charge is -2.07. The number of sulfonamides is 1. The Morgan fingerprint density at radius 1 is 1.47 bits per heavy atom. The quantitative estimate of drug-likeness (QED) is 0.851. The van der Waals surface area contributed by atoms with E-state index in [1.807, 2.05) is 0 Å². The molecule has 5 nitrogen and oxygen atoms in total. The number of rotatable bonds is 3. The van der Waals surface area contributed by atoms with Crippen molar-refractivity contribution in [3.8, 4) is 5.75 Å². The predicted molar refractivity (Wildman–Crippen MR) is 78.5 cm³/mol. The number of hydrogen-bond acceptors (Lipinski definition) is 5. The Kier molecular flexibility index (Phi) is 4.05. The van der Waals surface area contributed by atoms with Crippen LogP contribution in [0.5, 0.6) is 5.75 Å². The maximum Gasteiger partial charge on any atom is 0.272 e. The average molecular weight is 384 g/mol. The van der Waals surface area contributed by atoms with E-state index in [1.165, 1.54) is 12.1 Å². The molecule has 0 saturated carbocycles. The van der Waals surface area contributed by atoms with E-state index in [4.69, 9.17) is 11.6 Å². The number of pyridine rings is 1. The van der Waals surface area contributed by atoms with Crippen molar-refractivity contribution in [2.45, 2.75) is 11.1 Å². The summed E-state index contributed by atoms with van der Waals surface area (Å²) in [6, 6.07) is 4.27. The molecule has 2 heterocycles. The molecule has 2 N–H and O–H groups in total. The van der Waals surface area contributed by atoms with Gasteiger partial charge in [0.25, 0.3) is 10.0 Å². The van der Waals surface area contributed by atoms with Crippen LogP contribution in [0.2, 0.25) is 5.02 Å². The first-order valence-electron chi connectivity index (χ1n) is 4.94. The number of aromatic hydroxyl groups is 1. The van der Waals surface area contributed by atoms with Crippen molar-refractivity contribution >= 4 is 54.7 Å². The van der Waals surface area contributed by atoms with E-state index in [9.17, 15) is 13.5 Å². The SMILES string of the molecule is Cc1ccc(O)c(NS(=O)(=O)c2cc(Cl)c(Br)s2)n1. The summed E-state index contributed by atoms with van der Waals surface area (Å²) in [7, 11) is -3.82. The normalized spacial score (nSPS) is 11.5. The second-order valence-electron chi connectivity index (χ2n) is 3.61. The second-order valence-corrected chi connectivity index (χ2v) is 8.30. The Labute approximate surface area is 127 Å². The first-order chi connectivity index (χ1) is 8.79. The second kappa shape index (κ2) is 5.28. The topological polar surface area (TPSA) is 79.3 Å². The van der Waals surface area contributed by atoms with Gasteiger partial charge in [-0.1, -0.05) is 11.6 Å². The molecule has 0 saturated heterocycles. The van der Waals surface area contributed by atoms with E-state index >= 15 is 0 Å². The number of halogens is 2. The van der Waals surface area contributed by atoms with E-state index < -0.39 is 10.0 Å². The Hall–Kier alpha value is -0.830. The van der Waals surface area contributed by atoms with Crippen LogP contribution in [0.3, 0.4) is 0 Å². The van der Waals surface area contributed by atoms with Crippen molar-refractivity contribution in [2.75, 3.05) is 4.72 Å². The molecule has 0 bridgehead atoms. The first kappa shape index (κ1) is 14.6. The average Bonchev–Trinajstić information content (AvgIpc) is 2.65. The van der Waals surface area contributed by atoms with Crippen LogP contribution in [-0.2, 0) is 10.0 Å². The molecule has 0 aliphatic carbocycles. The third-order valence-electron chi connectivity index (χ3n) is 2.13. The van der Waals surface area contributed by atoms with Gasteiger partial charge in [-0.15, -0.1) is 11.3 Å². The van der Waals surface area contributed by atoms with Crippen molar-refractivity contribution in [2.24, 2.45) is 0 Å². The van der Waals surface area contributed by atoms with Gasteiger partial charge in [-0.3, -0.25) is 4.72 Å². The summed E-state index contributed by atoms with van der Waals surface area (Å²) in [6.45, 7) is 1.69. The summed E-state index contributed by atoms with van der Waals surface area (Å²) < 4.78 is 27.0. The minimum atomic E-state index is -3.82. The zero-order chi connectivity index (χ0) is 14.2. The van der Waals surface area contributed by atoms with Crippen LogP contribution < -0.4 is 4.72 Å². The highest BCUT2D eigenvalue weighted by atomic mass is 79.9. The van der Waals surface area contributed by atoms with E-state index in [0.29, 0.717) is 14.5 Å². The molecule has 0 unspecified atom stereocenters. The fourth-order valence-electron chi connectivity index (χ4n) is 1.26. The molecule has 102 valence electrons. The van der Waals surface area contributed by atoms with Gasteiger partial charge in [0.1, 0.15) is 4.21 Å². The van der Waals surface area contributed by atoms with Gasteiger partial charge in [-0.05, 0) is 41.1 Å². The number of aromatic nitrogens is 1. The van der Waals surface area contributed by atoms with Gasteiger partial charge < -0.3 is 5.11 Å². The standard InChI is InChI=1S/C10H8BrClN2O3S2/c1-5-2-3-7(15)10(13-5)14-19(16,17)8-4-6(12)9(11)18-8/h2-4,15H,1H3,(H,13,14). The third-order valence-corrected chi connectivity index (χ3v) is 6.42. The molecule has 2 aromatic heterocycles. The molecule has 9 heteroatoms. The fraction of sp³-hybridized carbons (Fsp3) is 0.100. The molecular weight excluding hydrogens is 376 g/mol. The van der Waals surface area contributed by atoms with E-state index in [0.717, 1.165) is 11.3 Å². The summed E-state index contributed by atoms with van der Waals surface area (Å²) in [4.78, 5) is 3.93. The van der Waals surface area contributed by atoms with Crippen LogP contribution in [0, 0.1) is 6.92 Å². The minimum Gasteiger partial charge on any atom is -0.504 e. The molecule has 0 aliphatic rings. The molecule has 0 fully saturated rings. The van der Waals surface area contributed by atoms with Gasteiger partial charge in [0.2, 0.25) is 0 Å². The number of anilines is 1. The lowest BCUT2D eigenvalue weighted by Crippen LogP contribution is -2.13. The molecule has 0 atom stereocenters. The maximum absolute atomic E-state index is 12.1. The van der Waals surface area contributed by atoms with Crippen LogP contribution in [0.15, 0.2) is 26.2 Å². The van der Waals surface area contributed by atoms with Gasteiger partial charge in [-0.2, -0.15) is 0 Å². The van der Waals surface area contributed by atoms with Gasteiger partial charge >= 0.3 is 0 Å². The Morgan fingerprint density at radius 2 is 2.16 bits per heavy atom. The van der Waals surface area contributed by atoms with Crippen LogP contribution in [0.4, 0.5) is 5.82 Å². The monoisotopic (exact) mass is 382 g/mol. The molecule has 2 aromatic rings. The smallest absolute Gasteiger partial charge is 0.272 e. The molecule has 0 amide bonds. The molecule has 19 heavy (non-hydrogen) atoms. The van der Waals surface area contributed by atoms with Gasteiger partial charge in [0.05, 0.1) is 8.81 Å². The lowest BCUT2D eigenvalue weighted by molar-refractivity contribution is 0.475. The zero-order valence-corrected chi connectivity index (χ0v) is 13.5. The lowest BCUT2D eigenvalue weighted by atomic mass is 10.3. The molecule has 0 spiro atoms. The van der Waals surface area contributed by atoms with Crippen LogP contribution in [0.1, 0.15) is 5.69 Å². The summed E-state index contributed by atoms with van der Waals surface area (Å²) >= 11 is 9.93. The number of nitrogens with one attached hydrogen (secondary N) is 1. The molecule has 0 radical (unpaired) electrons. The van der Waals surface area contributed by atoms with Crippen LogP contribution in [0.25, 0.3) is 0 Å². The van der Waals surface area contributed by atoms with Crippen molar-refractivity contribution in [1.82, 2.24) is 4.98 Å². The van der Waals surface area contributed by atoms with Gasteiger partial charge in [0, 0.05) is 5.69 Å². The Balaban J connectivity index is 2.39. The fourth-order valence-corrected chi connectivity index (χ4v) is 4.68. The van der Waals surface area contributed by atoms with E-state index in [2.05, 4.69) is 25.6 Å². The third kappa shape index (κ3) is 3.19. The van der Waals surface area contributed by atoms with E-state index in [1.54, 1.807) is 13.0 Å². The van der Waals surface area contributed by atoms with Crippen LogP contribution >= 0.6 is 38.9 Å². The molecule has 0 aliphatic heterocycles. The molecule has 0 aromatic carbocycles. The number of nitrogens with zero attached hydrogens (tertiary/aromatic N) is 1. The zero-order valence-electron chi connectivity index (χ0n) is 9.52. The summed E-state index contributed by atoms with van der Waals surface area (Å²) in [5.41, 5.74) is 0.584.